The molecule has 2 heterocycles. The number of amides is 1. The second kappa shape index (κ2) is 3.42. The highest BCUT2D eigenvalue weighted by Gasteiger charge is 2.09. The summed E-state index contributed by atoms with van der Waals surface area (Å²) in [6.45, 7) is 1.71. The lowest BCUT2D eigenvalue weighted by molar-refractivity contribution is 0.100. The molecule has 0 aromatic carbocycles. The van der Waals surface area contributed by atoms with Gasteiger partial charge in [0.05, 0.1) is 5.56 Å². The molecular weight excluding hydrogens is 192 g/mol. The van der Waals surface area contributed by atoms with E-state index < -0.39 is 5.91 Å². The van der Waals surface area contributed by atoms with E-state index in [1.165, 1.54) is 6.20 Å². The molecule has 15 heavy (non-hydrogen) atoms. The number of rotatable bonds is 1. The van der Waals surface area contributed by atoms with Crippen LogP contribution in [-0.2, 0) is 0 Å². The number of carbonyl (C=O) groups is 1. The van der Waals surface area contributed by atoms with Crippen molar-refractivity contribution in [2.75, 3.05) is 0 Å². The molecule has 5 nitrogen and oxygen atoms in total. The van der Waals surface area contributed by atoms with E-state index in [0.29, 0.717) is 22.4 Å². The Morgan fingerprint density at radius 1 is 1.60 bits per heavy atom. The molecule has 0 aliphatic rings. The van der Waals surface area contributed by atoms with Crippen molar-refractivity contribution < 1.29 is 4.79 Å². The maximum atomic E-state index is 11.0. The molecule has 2 aromatic rings. The van der Waals surface area contributed by atoms with Gasteiger partial charge in [0.2, 0.25) is 5.82 Å². The van der Waals surface area contributed by atoms with Gasteiger partial charge in [-0.05, 0) is 12.8 Å². The highest BCUT2D eigenvalue weighted by molar-refractivity contribution is 6.04. The molecule has 1 amide bonds. The van der Waals surface area contributed by atoms with Crippen molar-refractivity contribution in [1.82, 2.24) is 15.0 Å². The number of hydrogen-bond donors (Lipinski definition) is 2. The minimum absolute atomic E-state index is 0.390. The van der Waals surface area contributed by atoms with Crippen LogP contribution in [0.4, 0.5) is 0 Å². The van der Waals surface area contributed by atoms with E-state index in [1.807, 2.05) is 0 Å². The number of H-pyrrole nitrogens is 1. The fourth-order valence-corrected chi connectivity index (χ4v) is 1.28. The lowest BCUT2D eigenvalue weighted by Crippen LogP contribution is -2.10. The van der Waals surface area contributed by atoms with Crippen molar-refractivity contribution >= 4 is 16.9 Å². The normalized spacial score (nSPS) is 9.67. The van der Waals surface area contributed by atoms with E-state index in [1.54, 1.807) is 13.1 Å². The van der Waals surface area contributed by atoms with Gasteiger partial charge in [0.25, 0.3) is 5.91 Å². The average molecular weight is 200 g/mol. The minimum atomic E-state index is -0.501. The summed E-state index contributed by atoms with van der Waals surface area (Å²) in [7, 11) is 0. The SMILES string of the molecule is CC#Cc1ncc2c(C(N)=O)c[nH]c2n1. The smallest absolute Gasteiger partial charge is 0.250 e. The van der Waals surface area contributed by atoms with Crippen LogP contribution < -0.4 is 5.73 Å². The Kier molecular flexibility index (Phi) is 2.10. The monoisotopic (exact) mass is 200 g/mol. The van der Waals surface area contributed by atoms with E-state index in [9.17, 15) is 4.79 Å². The number of fused-ring (bicyclic) bond motifs is 1. The van der Waals surface area contributed by atoms with Gasteiger partial charge in [-0.2, -0.15) is 0 Å². The molecule has 74 valence electrons. The van der Waals surface area contributed by atoms with Gasteiger partial charge in [-0.25, -0.2) is 9.97 Å². The molecule has 0 aliphatic carbocycles. The molecule has 0 aliphatic heterocycles. The number of nitrogens with two attached hydrogens (primary N) is 1. The summed E-state index contributed by atoms with van der Waals surface area (Å²) >= 11 is 0. The fraction of sp³-hybridized carbons (Fsp3) is 0.100. The molecular formula is C10H8N4O. The largest absolute Gasteiger partial charge is 0.366 e. The number of carbonyl (C=O) groups excluding carboxylic acids is 1. The number of primary amides is 1. The number of nitrogens with one attached hydrogen (secondary N) is 1. The highest BCUT2D eigenvalue weighted by Crippen LogP contribution is 2.14. The molecule has 0 saturated heterocycles. The van der Waals surface area contributed by atoms with Gasteiger partial charge in [-0.3, -0.25) is 4.79 Å². The average Bonchev–Trinajstić information content (AvgIpc) is 2.61. The molecule has 0 unspecified atom stereocenters. The Morgan fingerprint density at radius 2 is 2.40 bits per heavy atom. The lowest BCUT2D eigenvalue weighted by atomic mass is 10.2. The maximum Gasteiger partial charge on any atom is 0.250 e. The van der Waals surface area contributed by atoms with Crippen LogP contribution in [0.2, 0.25) is 0 Å². The van der Waals surface area contributed by atoms with E-state index in [2.05, 4.69) is 26.8 Å². The summed E-state index contributed by atoms with van der Waals surface area (Å²) in [5.74, 6) is 5.35. The Bertz CT molecular complexity index is 588. The summed E-state index contributed by atoms with van der Waals surface area (Å²) in [5.41, 5.74) is 6.13. The number of hydrogen-bond acceptors (Lipinski definition) is 3. The Morgan fingerprint density at radius 3 is 3.07 bits per heavy atom. The van der Waals surface area contributed by atoms with Crippen molar-refractivity contribution in [3.63, 3.8) is 0 Å². The van der Waals surface area contributed by atoms with Crippen molar-refractivity contribution in [3.05, 3.63) is 23.8 Å². The molecule has 2 rings (SSSR count). The molecule has 0 fully saturated rings. The molecule has 2 aromatic heterocycles. The minimum Gasteiger partial charge on any atom is -0.366 e. The van der Waals surface area contributed by atoms with Crippen LogP contribution in [0.1, 0.15) is 23.1 Å². The van der Waals surface area contributed by atoms with Gasteiger partial charge in [0, 0.05) is 17.8 Å². The van der Waals surface area contributed by atoms with Crippen LogP contribution in [0.25, 0.3) is 11.0 Å². The first-order chi connectivity index (χ1) is 7.22. The Balaban J connectivity index is 2.65. The maximum absolute atomic E-state index is 11.0. The van der Waals surface area contributed by atoms with Gasteiger partial charge in [-0.15, -0.1) is 0 Å². The zero-order valence-corrected chi connectivity index (χ0v) is 8.03. The highest BCUT2D eigenvalue weighted by atomic mass is 16.1. The van der Waals surface area contributed by atoms with Crippen LogP contribution in [0, 0.1) is 11.8 Å². The van der Waals surface area contributed by atoms with Crippen LogP contribution in [0.5, 0.6) is 0 Å². The molecule has 0 bridgehead atoms. The van der Waals surface area contributed by atoms with Crippen molar-refractivity contribution in [3.8, 4) is 11.8 Å². The van der Waals surface area contributed by atoms with Gasteiger partial charge in [-0.1, -0.05) is 5.92 Å². The van der Waals surface area contributed by atoms with Gasteiger partial charge >= 0.3 is 0 Å². The van der Waals surface area contributed by atoms with Crippen LogP contribution in [-0.4, -0.2) is 20.9 Å². The quantitative estimate of drug-likeness (QED) is 0.654. The van der Waals surface area contributed by atoms with Gasteiger partial charge < -0.3 is 10.7 Å². The summed E-state index contributed by atoms with van der Waals surface area (Å²) in [6.07, 6.45) is 3.06. The lowest BCUT2D eigenvalue weighted by Gasteiger charge is -1.92. The molecule has 0 spiro atoms. The second-order valence-electron chi connectivity index (χ2n) is 2.90. The van der Waals surface area contributed by atoms with Gasteiger partial charge in [0.15, 0.2) is 0 Å². The number of nitrogens with zero attached hydrogens (tertiary/aromatic N) is 2. The summed E-state index contributed by atoms with van der Waals surface area (Å²) in [5, 5.41) is 0.615. The number of aromatic amines is 1. The first-order valence-corrected chi connectivity index (χ1v) is 4.29. The summed E-state index contributed by atoms with van der Waals surface area (Å²) in [4.78, 5) is 22.0. The van der Waals surface area contributed by atoms with E-state index in [-0.39, 0.29) is 0 Å². The van der Waals surface area contributed by atoms with Crippen LogP contribution in [0.15, 0.2) is 12.4 Å². The van der Waals surface area contributed by atoms with Crippen molar-refractivity contribution in [2.24, 2.45) is 5.73 Å². The number of aromatic nitrogens is 3. The molecule has 3 N–H and O–H groups in total. The van der Waals surface area contributed by atoms with E-state index >= 15 is 0 Å². The van der Waals surface area contributed by atoms with Crippen LogP contribution >= 0.6 is 0 Å². The molecule has 0 saturated carbocycles. The third-order valence-corrected chi connectivity index (χ3v) is 1.93. The van der Waals surface area contributed by atoms with Crippen molar-refractivity contribution in [1.29, 1.82) is 0 Å². The standard InChI is InChI=1S/C10H8N4O/c1-2-3-8-12-5-7-6(9(11)15)4-13-10(7)14-8/h4-5H,1H3,(H2,11,15)(H,12,13,14). The second-order valence-corrected chi connectivity index (χ2v) is 2.90. The topological polar surface area (TPSA) is 84.7 Å². The van der Waals surface area contributed by atoms with Crippen molar-refractivity contribution in [2.45, 2.75) is 6.92 Å². The summed E-state index contributed by atoms with van der Waals surface area (Å²) < 4.78 is 0. The Labute approximate surface area is 85.7 Å². The first-order valence-electron chi connectivity index (χ1n) is 4.29. The predicted octanol–water partition coefficient (Wildman–Crippen LogP) is 0.428. The zero-order valence-electron chi connectivity index (χ0n) is 8.03. The molecule has 5 heteroatoms. The summed E-state index contributed by atoms with van der Waals surface area (Å²) in [6, 6.07) is 0. The fourth-order valence-electron chi connectivity index (χ4n) is 1.28. The predicted molar refractivity (Wildman–Crippen MR) is 55.0 cm³/mol. The van der Waals surface area contributed by atoms with Gasteiger partial charge in [0.1, 0.15) is 5.65 Å². The molecule has 0 radical (unpaired) electrons. The van der Waals surface area contributed by atoms with E-state index in [4.69, 9.17) is 5.73 Å². The first kappa shape index (κ1) is 9.21. The molecule has 0 atom stereocenters. The third-order valence-electron chi connectivity index (χ3n) is 1.93. The van der Waals surface area contributed by atoms with Crippen LogP contribution in [0.3, 0.4) is 0 Å². The Hall–Kier alpha value is -2.35. The zero-order chi connectivity index (χ0) is 10.8. The third kappa shape index (κ3) is 1.53. The van der Waals surface area contributed by atoms with E-state index in [0.717, 1.165) is 0 Å².